The molecule has 86 valence electrons. The van der Waals surface area contributed by atoms with E-state index in [-0.39, 0.29) is 6.10 Å². The third-order valence-corrected chi connectivity index (χ3v) is 4.63. The number of nitrogens with zero attached hydrogens (tertiary/aromatic N) is 1. The van der Waals surface area contributed by atoms with Crippen molar-refractivity contribution in [3.63, 3.8) is 0 Å². The van der Waals surface area contributed by atoms with Crippen LogP contribution >= 0.6 is 0 Å². The molecule has 6 heteroatoms. The fraction of sp³-hybridized carbons (Fsp3) is 0.400. The minimum absolute atomic E-state index is 0.0730. The first-order valence-electron chi connectivity index (χ1n) is 5.15. The van der Waals surface area contributed by atoms with Crippen LogP contribution in [0, 0.1) is 0 Å². The van der Waals surface area contributed by atoms with Crippen LogP contribution in [0.3, 0.4) is 0 Å². The van der Waals surface area contributed by atoms with Crippen LogP contribution in [0.1, 0.15) is 0 Å². The lowest BCUT2D eigenvalue weighted by Crippen LogP contribution is -2.33. The Morgan fingerprint density at radius 3 is 2.69 bits per heavy atom. The summed E-state index contributed by atoms with van der Waals surface area (Å²) in [5, 5.41) is 0. The Balaban J connectivity index is 2.27. The van der Waals surface area contributed by atoms with E-state index in [4.69, 9.17) is 4.74 Å². The van der Waals surface area contributed by atoms with Gasteiger partial charge in [0.2, 0.25) is 10.0 Å². The fourth-order valence-electron chi connectivity index (χ4n) is 1.57. The predicted octanol–water partition coefficient (Wildman–Crippen LogP) is -1.04. The number of sulfonamides is 1. The van der Waals surface area contributed by atoms with Gasteiger partial charge in [0.25, 0.3) is 0 Å². The molecule has 1 heterocycles. The fourth-order valence-corrected chi connectivity index (χ4v) is 3.00. The maximum atomic E-state index is 12.2. The highest BCUT2D eigenvalue weighted by molar-refractivity contribution is 7.89. The van der Waals surface area contributed by atoms with Gasteiger partial charge in [0, 0.05) is 13.6 Å². The maximum Gasteiger partial charge on any atom is 0.242 e. The van der Waals surface area contributed by atoms with Gasteiger partial charge >= 0.3 is 0 Å². The molecule has 0 aromatic heterocycles. The average Bonchev–Trinajstić information content (AvgIpc) is 3.02. The largest absolute Gasteiger partial charge is 0.372 e. The van der Waals surface area contributed by atoms with Crippen molar-refractivity contribution in [2.75, 3.05) is 20.2 Å². The van der Waals surface area contributed by atoms with Gasteiger partial charge in [-0.25, -0.2) is 8.42 Å². The van der Waals surface area contributed by atoms with Crippen molar-refractivity contribution >= 4 is 23.3 Å². The monoisotopic (exact) mass is 239 g/mol. The summed E-state index contributed by atoms with van der Waals surface area (Å²) in [6.45, 7) is 1.09. The van der Waals surface area contributed by atoms with E-state index >= 15 is 0 Å². The first kappa shape index (κ1) is 11.6. The van der Waals surface area contributed by atoms with Crippen LogP contribution in [-0.2, 0) is 14.8 Å². The van der Waals surface area contributed by atoms with Crippen LogP contribution in [0.4, 0.5) is 0 Å². The van der Waals surface area contributed by atoms with Crippen LogP contribution in [0.25, 0.3) is 0 Å². The minimum Gasteiger partial charge on any atom is -0.372 e. The average molecular weight is 239 g/mol. The van der Waals surface area contributed by atoms with E-state index < -0.39 is 10.0 Å². The SMILES string of the molecule is Bc1ccccc1S(=O)(=O)N(C)CC1CO1. The van der Waals surface area contributed by atoms with Crippen molar-refractivity contribution in [1.29, 1.82) is 0 Å². The van der Waals surface area contributed by atoms with E-state index in [9.17, 15) is 8.42 Å². The number of ether oxygens (including phenoxy) is 1. The molecule has 1 aliphatic heterocycles. The summed E-state index contributed by atoms with van der Waals surface area (Å²) in [7, 11) is 0.0153. The number of benzene rings is 1. The summed E-state index contributed by atoms with van der Waals surface area (Å²) >= 11 is 0. The van der Waals surface area contributed by atoms with Crippen molar-refractivity contribution in [1.82, 2.24) is 4.31 Å². The molecule has 1 unspecified atom stereocenters. The van der Waals surface area contributed by atoms with Gasteiger partial charge in [-0.05, 0) is 6.07 Å². The third-order valence-electron chi connectivity index (χ3n) is 2.64. The highest BCUT2D eigenvalue weighted by Gasteiger charge is 2.30. The topological polar surface area (TPSA) is 49.9 Å². The lowest BCUT2D eigenvalue weighted by atomic mass is 9.97. The molecule has 1 aromatic rings. The van der Waals surface area contributed by atoms with E-state index in [0.29, 0.717) is 18.0 Å². The van der Waals surface area contributed by atoms with Gasteiger partial charge in [0.1, 0.15) is 7.85 Å². The quantitative estimate of drug-likeness (QED) is 0.498. The van der Waals surface area contributed by atoms with Gasteiger partial charge in [-0.2, -0.15) is 4.31 Å². The Morgan fingerprint density at radius 2 is 2.12 bits per heavy atom. The predicted molar refractivity (Wildman–Crippen MR) is 64.2 cm³/mol. The van der Waals surface area contributed by atoms with E-state index in [0.717, 1.165) is 5.46 Å². The molecule has 0 N–H and O–H groups in total. The molecule has 4 nitrogen and oxygen atoms in total. The zero-order valence-electron chi connectivity index (χ0n) is 9.38. The number of rotatable bonds is 4. The van der Waals surface area contributed by atoms with Crippen LogP contribution < -0.4 is 5.46 Å². The van der Waals surface area contributed by atoms with E-state index in [2.05, 4.69) is 0 Å². The molecular weight excluding hydrogens is 225 g/mol. The zero-order valence-corrected chi connectivity index (χ0v) is 10.2. The molecule has 1 aromatic carbocycles. The number of hydrogen-bond donors (Lipinski definition) is 0. The van der Waals surface area contributed by atoms with Crippen molar-refractivity contribution in [2.45, 2.75) is 11.0 Å². The number of hydrogen-bond acceptors (Lipinski definition) is 3. The van der Waals surface area contributed by atoms with Gasteiger partial charge in [-0.3, -0.25) is 0 Å². The van der Waals surface area contributed by atoms with Gasteiger partial charge in [-0.1, -0.05) is 23.7 Å². The van der Waals surface area contributed by atoms with E-state index in [1.807, 2.05) is 6.07 Å². The standard InChI is InChI=1S/C10H14BNO3S/c1-12(6-8-7-15-8)16(13,14)10-5-3-2-4-9(10)11/h2-5,8H,6-7,11H2,1H3. The molecule has 0 bridgehead atoms. The van der Waals surface area contributed by atoms with Crippen molar-refractivity contribution < 1.29 is 13.2 Å². The first-order chi connectivity index (χ1) is 7.51. The Morgan fingerprint density at radius 1 is 1.50 bits per heavy atom. The highest BCUT2D eigenvalue weighted by atomic mass is 32.2. The Labute approximate surface area is 96.7 Å². The molecule has 0 spiro atoms. The molecule has 1 aliphatic rings. The summed E-state index contributed by atoms with van der Waals surface area (Å²) in [4.78, 5) is 0.373. The maximum absolute atomic E-state index is 12.2. The molecule has 0 aliphatic carbocycles. The zero-order chi connectivity index (χ0) is 11.8. The first-order valence-corrected chi connectivity index (χ1v) is 6.59. The second-order valence-corrected chi connectivity index (χ2v) is 6.02. The molecule has 1 saturated heterocycles. The summed E-state index contributed by atoms with van der Waals surface area (Å²) in [6, 6.07) is 7.00. The highest BCUT2D eigenvalue weighted by Crippen LogP contribution is 2.16. The van der Waals surface area contributed by atoms with Crippen molar-refractivity contribution in [3.05, 3.63) is 24.3 Å². The molecule has 2 rings (SSSR count). The Hall–Kier alpha value is -0.845. The molecule has 0 radical (unpaired) electrons. The second-order valence-electron chi connectivity index (χ2n) is 4.01. The second kappa shape index (κ2) is 4.20. The van der Waals surface area contributed by atoms with E-state index in [1.165, 1.54) is 4.31 Å². The van der Waals surface area contributed by atoms with Gasteiger partial charge in [0.05, 0.1) is 17.6 Å². The molecular formula is C10H14BNO3S. The van der Waals surface area contributed by atoms with Crippen LogP contribution in [-0.4, -0.2) is 46.9 Å². The summed E-state index contributed by atoms with van der Waals surface area (Å²) in [5.74, 6) is 0. The number of epoxide rings is 1. The molecule has 0 amide bonds. The van der Waals surface area contributed by atoms with Crippen molar-refractivity contribution in [3.8, 4) is 0 Å². The molecule has 1 fully saturated rings. The van der Waals surface area contributed by atoms with Gasteiger partial charge in [-0.15, -0.1) is 0 Å². The van der Waals surface area contributed by atoms with E-state index in [1.54, 1.807) is 33.1 Å². The summed E-state index contributed by atoms with van der Waals surface area (Å²) in [5.41, 5.74) is 0.770. The lowest BCUT2D eigenvalue weighted by Gasteiger charge is -2.17. The van der Waals surface area contributed by atoms with Gasteiger partial charge in [0.15, 0.2) is 0 Å². The number of likely N-dealkylation sites (N-methyl/N-ethyl adjacent to an activating group) is 1. The smallest absolute Gasteiger partial charge is 0.242 e. The lowest BCUT2D eigenvalue weighted by molar-refractivity contribution is 0.359. The minimum atomic E-state index is -3.37. The molecule has 1 atom stereocenters. The van der Waals surface area contributed by atoms with Crippen LogP contribution in [0.15, 0.2) is 29.2 Å². The third kappa shape index (κ3) is 2.29. The van der Waals surface area contributed by atoms with Crippen LogP contribution in [0.2, 0.25) is 0 Å². The van der Waals surface area contributed by atoms with Crippen molar-refractivity contribution in [2.24, 2.45) is 0 Å². The molecule has 0 saturated carbocycles. The Bertz CT molecular complexity index is 485. The van der Waals surface area contributed by atoms with Crippen LogP contribution in [0.5, 0.6) is 0 Å². The molecule has 16 heavy (non-hydrogen) atoms. The normalized spacial score (nSPS) is 20.0. The summed E-state index contributed by atoms with van der Waals surface area (Å²) in [6.07, 6.45) is 0.0730. The Kier molecular flexibility index (Phi) is 3.05. The summed E-state index contributed by atoms with van der Waals surface area (Å²) < 4.78 is 30.8. The van der Waals surface area contributed by atoms with Gasteiger partial charge < -0.3 is 4.74 Å².